The topological polar surface area (TPSA) is 55.4 Å². The monoisotopic (exact) mass is 401 g/mol. The number of esters is 1. The standard InChI is InChI=1S/C22H18F3NO3/c1-29-21(28)19(13-16-8-4-5-9-18(16)22(23,24)25)26-20(27)17-11-10-14-6-2-3-7-15(14)12-17/h2-12,19H,13H2,1H3,(H,26,27)/t19-/m0/s1. The van der Waals surface area contributed by atoms with E-state index in [-0.39, 0.29) is 12.0 Å². The number of ether oxygens (including phenoxy) is 1. The second-order valence-corrected chi connectivity index (χ2v) is 6.47. The lowest BCUT2D eigenvalue weighted by molar-refractivity contribution is -0.144. The van der Waals surface area contributed by atoms with Crippen LogP contribution in [0.25, 0.3) is 10.8 Å². The molecular weight excluding hydrogens is 383 g/mol. The van der Waals surface area contributed by atoms with Crippen LogP contribution < -0.4 is 5.32 Å². The summed E-state index contributed by atoms with van der Waals surface area (Å²) in [6.45, 7) is 0. The van der Waals surface area contributed by atoms with Crippen molar-refractivity contribution >= 4 is 22.6 Å². The molecule has 0 radical (unpaired) electrons. The average Bonchev–Trinajstić information content (AvgIpc) is 2.71. The van der Waals surface area contributed by atoms with Crippen LogP contribution in [0.4, 0.5) is 13.2 Å². The zero-order chi connectivity index (χ0) is 21.0. The predicted octanol–water partition coefficient (Wildman–Crippen LogP) is 4.37. The van der Waals surface area contributed by atoms with E-state index in [1.165, 1.54) is 18.2 Å². The van der Waals surface area contributed by atoms with Crippen LogP contribution in [0, 0.1) is 0 Å². The van der Waals surface area contributed by atoms with Crippen molar-refractivity contribution in [2.24, 2.45) is 0 Å². The van der Waals surface area contributed by atoms with Crippen LogP contribution in [0.2, 0.25) is 0 Å². The molecule has 3 aromatic rings. The Labute approximate surface area is 165 Å². The van der Waals surface area contributed by atoms with E-state index < -0.39 is 29.7 Å². The van der Waals surface area contributed by atoms with Crippen molar-refractivity contribution < 1.29 is 27.5 Å². The number of carbonyl (C=O) groups excluding carboxylic acids is 2. The van der Waals surface area contributed by atoms with Crippen molar-refractivity contribution in [3.05, 3.63) is 83.4 Å². The molecule has 1 N–H and O–H groups in total. The van der Waals surface area contributed by atoms with Crippen LogP contribution in [-0.4, -0.2) is 25.0 Å². The molecule has 0 heterocycles. The summed E-state index contributed by atoms with van der Waals surface area (Å²) < 4.78 is 44.4. The first-order valence-corrected chi connectivity index (χ1v) is 8.82. The molecule has 1 atom stereocenters. The first-order chi connectivity index (χ1) is 13.8. The van der Waals surface area contributed by atoms with Crippen molar-refractivity contribution in [2.45, 2.75) is 18.6 Å². The van der Waals surface area contributed by atoms with Gasteiger partial charge in [-0.3, -0.25) is 4.79 Å². The molecular formula is C22H18F3NO3. The van der Waals surface area contributed by atoms with Crippen LogP contribution in [-0.2, 0) is 22.1 Å². The van der Waals surface area contributed by atoms with E-state index in [0.717, 1.165) is 23.9 Å². The van der Waals surface area contributed by atoms with Gasteiger partial charge in [0.2, 0.25) is 0 Å². The van der Waals surface area contributed by atoms with Gasteiger partial charge in [-0.25, -0.2) is 4.79 Å². The Morgan fingerprint density at radius 2 is 1.62 bits per heavy atom. The highest BCUT2D eigenvalue weighted by Gasteiger charge is 2.34. The average molecular weight is 401 g/mol. The highest BCUT2D eigenvalue weighted by molar-refractivity contribution is 6.00. The number of rotatable bonds is 5. The molecule has 150 valence electrons. The molecule has 29 heavy (non-hydrogen) atoms. The van der Waals surface area contributed by atoms with Gasteiger partial charge in [-0.05, 0) is 34.5 Å². The number of benzene rings is 3. The Balaban J connectivity index is 1.86. The van der Waals surface area contributed by atoms with Gasteiger partial charge in [-0.1, -0.05) is 48.5 Å². The SMILES string of the molecule is COC(=O)[C@H](Cc1ccccc1C(F)(F)F)NC(=O)c1ccc2ccccc2c1. The Morgan fingerprint density at radius 1 is 0.966 bits per heavy atom. The van der Waals surface area contributed by atoms with Gasteiger partial charge < -0.3 is 10.1 Å². The van der Waals surface area contributed by atoms with Crippen LogP contribution in [0.3, 0.4) is 0 Å². The summed E-state index contributed by atoms with van der Waals surface area (Å²) in [4.78, 5) is 24.8. The molecule has 4 nitrogen and oxygen atoms in total. The number of nitrogens with one attached hydrogen (secondary N) is 1. The number of hydrogen-bond donors (Lipinski definition) is 1. The summed E-state index contributed by atoms with van der Waals surface area (Å²) in [6, 6.07) is 16.1. The molecule has 0 aliphatic carbocycles. The van der Waals surface area contributed by atoms with Crippen LogP contribution >= 0.6 is 0 Å². The summed E-state index contributed by atoms with van der Waals surface area (Å²) in [5.41, 5.74) is -0.662. The van der Waals surface area contributed by atoms with E-state index >= 15 is 0 Å². The van der Waals surface area contributed by atoms with E-state index in [2.05, 4.69) is 10.1 Å². The van der Waals surface area contributed by atoms with Gasteiger partial charge in [0.25, 0.3) is 5.91 Å². The van der Waals surface area contributed by atoms with Gasteiger partial charge >= 0.3 is 12.1 Å². The number of hydrogen-bond acceptors (Lipinski definition) is 3. The third kappa shape index (κ3) is 4.74. The minimum Gasteiger partial charge on any atom is -0.467 e. The summed E-state index contributed by atoms with van der Waals surface area (Å²) in [5.74, 6) is -1.40. The van der Waals surface area contributed by atoms with Crippen molar-refractivity contribution in [1.82, 2.24) is 5.32 Å². The number of halogens is 3. The molecule has 0 bridgehead atoms. The zero-order valence-electron chi connectivity index (χ0n) is 15.5. The lowest BCUT2D eigenvalue weighted by Gasteiger charge is -2.19. The van der Waals surface area contributed by atoms with Crippen LogP contribution in [0.5, 0.6) is 0 Å². The van der Waals surface area contributed by atoms with Gasteiger partial charge in [-0.2, -0.15) is 13.2 Å². The number of methoxy groups -OCH3 is 1. The van der Waals surface area contributed by atoms with Gasteiger partial charge in [-0.15, -0.1) is 0 Å². The second-order valence-electron chi connectivity index (χ2n) is 6.47. The molecule has 0 aromatic heterocycles. The highest BCUT2D eigenvalue weighted by Crippen LogP contribution is 2.32. The minimum atomic E-state index is -4.57. The number of alkyl halides is 3. The maximum atomic E-state index is 13.3. The molecule has 3 rings (SSSR count). The summed E-state index contributed by atoms with van der Waals surface area (Å²) in [7, 11) is 1.12. The molecule has 0 spiro atoms. The number of fused-ring (bicyclic) bond motifs is 1. The fourth-order valence-corrected chi connectivity index (χ4v) is 3.10. The van der Waals surface area contributed by atoms with E-state index in [0.29, 0.717) is 5.56 Å². The maximum Gasteiger partial charge on any atom is 0.416 e. The fraction of sp³-hybridized carbons (Fsp3) is 0.182. The second kappa shape index (κ2) is 8.34. The molecule has 0 aliphatic heterocycles. The molecule has 0 aliphatic rings. The Hall–Kier alpha value is -3.35. The fourth-order valence-electron chi connectivity index (χ4n) is 3.10. The van der Waals surface area contributed by atoms with Gasteiger partial charge in [0, 0.05) is 12.0 Å². The maximum absolute atomic E-state index is 13.3. The van der Waals surface area contributed by atoms with Crippen molar-refractivity contribution in [3.8, 4) is 0 Å². The highest BCUT2D eigenvalue weighted by atomic mass is 19.4. The van der Waals surface area contributed by atoms with Crippen LogP contribution in [0.1, 0.15) is 21.5 Å². The molecule has 0 fully saturated rings. The zero-order valence-corrected chi connectivity index (χ0v) is 15.5. The van der Waals surface area contributed by atoms with E-state index in [4.69, 9.17) is 0 Å². The largest absolute Gasteiger partial charge is 0.467 e. The van der Waals surface area contributed by atoms with E-state index in [1.54, 1.807) is 18.2 Å². The smallest absolute Gasteiger partial charge is 0.416 e. The summed E-state index contributed by atoms with van der Waals surface area (Å²) >= 11 is 0. The number of carbonyl (C=O) groups is 2. The minimum absolute atomic E-state index is 0.103. The molecule has 1 amide bonds. The quantitative estimate of drug-likeness (QED) is 0.646. The first kappa shape index (κ1) is 20.4. The lowest BCUT2D eigenvalue weighted by atomic mass is 9.99. The Bertz CT molecular complexity index is 1050. The van der Waals surface area contributed by atoms with E-state index in [9.17, 15) is 22.8 Å². The van der Waals surface area contributed by atoms with Crippen molar-refractivity contribution in [3.63, 3.8) is 0 Å². The third-order valence-electron chi connectivity index (χ3n) is 4.55. The summed E-state index contributed by atoms with van der Waals surface area (Å²) in [6.07, 6.45) is -4.92. The molecule has 3 aromatic carbocycles. The number of amides is 1. The van der Waals surface area contributed by atoms with Crippen molar-refractivity contribution in [1.29, 1.82) is 0 Å². The first-order valence-electron chi connectivity index (χ1n) is 8.82. The Kier molecular flexibility index (Phi) is 5.87. The van der Waals surface area contributed by atoms with Gasteiger partial charge in [0.05, 0.1) is 12.7 Å². The van der Waals surface area contributed by atoms with Crippen LogP contribution in [0.15, 0.2) is 66.7 Å². The third-order valence-corrected chi connectivity index (χ3v) is 4.55. The van der Waals surface area contributed by atoms with Gasteiger partial charge in [0.1, 0.15) is 6.04 Å². The van der Waals surface area contributed by atoms with Gasteiger partial charge in [0.15, 0.2) is 0 Å². The normalized spacial score (nSPS) is 12.4. The molecule has 7 heteroatoms. The van der Waals surface area contributed by atoms with E-state index in [1.807, 2.05) is 24.3 Å². The Morgan fingerprint density at radius 3 is 2.31 bits per heavy atom. The molecule has 0 saturated heterocycles. The molecule has 0 unspecified atom stereocenters. The molecule has 0 saturated carbocycles. The lowest BCUT2D eigenvalue weighted by Crippen LogP contribution is -2.43. The predicted molar refractivity (Wildman–Crippen MR) is 102 cm³/mol. The summed E-state index contributed by atoms with van der Waals surface area (Å²) in [5, 5.41) is 4.26. The van der Waals surface area contributed by atoms with Crippen molar-refractivity contribution in [2.75, 3.05) is 7.11 Å².